The maximum atomic E-state index is 12.2. The molecule has 0 aromatic carbocycles. The number of nitrogens with zero attached hydrogens (tertiary/aromatic N) is 2. The van der Waals surface area contributed by atoms with Crippen LogP contribution in [0.25, 0.3) is 0 Å². The number of urea groups is 1. The second-order valence-corrected chi connectivity index (χ2v) is 5.78. The molecule has 1 saturated carbocycles. The third-order valence-corrected chi connectivity index (χ3v) is 4.74. The molecule has 2 aliphatic rings. The predicted octanol–water partition coefficient (Wildman–Crippen LogP) is 1.12. The van der Waals surface area contributed by atoms with E-state index in [1.54, 1.807) is 4.90 Å². The van der Waals surface area contributed by atoms with Crippen LogP contribution in [-0.2, 0) is 4.79 Å². The first-order chi connectivity index (χ1) is 9.52. The zero-order chi connectivity index (χ0) is 14.8. The number of amides is 2. The van der Waals surface area contributed by atoms with Crippen LogP contribution in [0.4, 0.5) is 4.79 Å². The molecule has 1 aliphatic carbocycles. The average molecular weight is 283 g/mol. The summed E-state index contributed by atoms with van der Waals surface area (Å²) in [6.07, 6.45) is 2.92. The topological polar surface area (TPSA) is 72.9 Å². The largest absolute Gasteiger partial charge is 0.480 e. The highest BCUT2D eigenvalue weighted by atomic mass is 16.4. The second kappa shape index (κ2) is 5.99. The summed E-state index contributed by atoms with van der Waals surface area (Å²) in [5.41, 5.74) is -1.01. The van der Waals surface area contributed by atoms with Gasteiger partial charge in [0.25, 0.3) is 0 Å². The van der Waals surface area contributed by atoms with Gasteiger partial charge in [-0.05, 0) is 38.8 Å². The lowest BCUT2D eigenvalue weighted by Gasteiger charge is -2.39. The summed E-state index contributed by atoms with van der Waals surface area (Å²) in [4.78, 5) is 27.6. The van der Waals surface area contributed by atoms with Crippen LogP contribution >= 0.6 is 0 Å². The van der Waals surface area contributed by atoms with E-state index in [4.69, 9.17) is 0 Å². The van der Waals surface area contributed by atoms with Crippen molar-refractivity contribution in [2.45, 2.75) is 51.1 Å². The van der Waals surface area contributed by atoms with E-state index in [9.17, 15) is 14.7 Å². The molecule has 6 heteroatoms. The molecule has 0 bridgehead atoms. The quantitative estimate of drug-likeness (QED) is 0.793. The number of aliphatic carboxylic acids is 1. The van der Waals surface area contributed by atoms with E-state index in [0.29, 0.717) is 32.0 Å². The fourth-order valence-corrected chi connectivity index (χ4v) is 3.17. The Labute approximate surface area is 120 Å². The number of carboxylic acid groups (broad SMARTS) is 1. The number of hydrogen-bond acceptors (Lipinski definition) is 3. The molecule has 0 aromatic rings. The zero-order valence-corrected chi connectivity index (χ0v) is 12.4. The van der Waals surface area contributed by atoms with Crippen LogP contribution in [0.15, 0.2) is 0 Å². The molecule has 1 aliphatic heterocycles. The fraction of sp³-hybridized carbons (Fsp3) is 0.857. The zero-order valence-electron chi connectivity index (χ0n) is 12.4. The van der Waals surface area contributed by atoms with E-state index < -0.39 is 11.5 Å². The van der Waals surface area contributed by atoms with Crippen LogP contribution in [0.1, 0.15) is 39.5 Å². The van der Waals surface area contributed by atoms with Gasteiger partial charge in [-0.15, -0.1) is 0 Å². The van der Waals surface area contributed by atoms with E-state index in [1.807, 2.05) is 0 Å². The lowest BCUT2D eigenvalue weighted by Crippen LogP contribution is -2.61. The van der Waals surface area contributed by atoms with E-state index in [1.165, 1.54) is 0 Å². The van der Waals surface area contributed by atoms with Crippen LogP contribution in [0, 0.1) is 0 Å². The molecule has 2 fully saturated rings. The molecule has 1 atom stereocenters. The molecule has 2 amide bonds. The minimum atomic E-state index is -1.01. The summed E-state index contributed by atoms with van der Waals surface area (Å²) in [6, 6.07) is 0.180. The van der Waals surface area contributed by atoms with Gasteiger partial charge in [0.15, 0.2) is 0 Å². The van der Waals surface area contributed by atoms with E-state index in [2.05, 4.69) is 24.1 Å². The Kier molecular flexibility index (Phi) is 4.52. The molecule has 0 radical (unpaired) electrons. The van der Waals surface area contributed by atoms with Crippen LogP contribution in [0.3, 0.4) is 0 Å². The van der Waals surface area contributed by atoms with Gasteiger partial charge in [-0.2, -0.15) is 0 Å². The Balaban J connectivity index is 1.90. The van der Waals surface area contributed by atoms with Gasteiger partial charge in [0.2, 0.25) is 0 Å². The number of hydrogen-bond donors (Lipinski definition) is 2. The standard InChI is InChI=1S/C14H25N3O3/c1-3-16(4-2)11-6-9-17(10-11)13(20)15-14(12(18)19)7-5-8-14/h11H,3-10H2,1-2H3,(H,15,20)(H,18,19). The lowest BCUT2D eigenvalue weighted by molar-refractivity contribution is -0.148. The number of likely N-dealkylation sites (N-methyl/N-ethyl adjacent to an activating group) is 1. The molecule has 20 heavy (non-hydrogen) atoms. The molecule has 0 aromatic heterocycles. The summed E-state index contributed by atoms with van der Waals surface area (Å²) in [7, 11) is 0. The monoisotopic (exact) mass is 283 g/mol. The highest BCUT2D eigenvalue weighted by Crippen LogP contribution is 2.32. The smallest absolute Gasteiger partial charge is 0.329 e. The van der Waals surface area contributed by atoms with Gasteiger partial charge in [0, 0.05) is 19.1 Å². The first kappa shape index (κ1) is 15.1. The van der Waals surface area contributed by atoms with Crippen molar-refractivity contribution in [1.82, 2.24) is 15.1 Å². The molecule has 1 unspecified atom stereocenters. The molecule has 6 nitrogen and oxygen atoms in total. The van der Waals surface area contributed by atoms with E-state index in [0.717, 1.165) is 25.9 Å². The highest BCUT2D eigenvalue weighted by molar-refractivity contribution is 5.87. The van der Waals surface area contributed by atoms with Crippen molar-refractivity contribution in [2.75, 3.05) is 26.2 Å². The number of carbonyl (C=O) groups excluding carboxylic acids is 1. The van der Waals surface area contributed by atoms with Crippen LogP contribution < -0.4 is 5.32 Å². The van der Waals surface area contributed by atoms with Gasteiger partial charge >= 0.3 is 12.0 Å². The maximum Gasteiger partial charge on any atom is 0.329 e. The van der Waals surface area contributed by atoms with Crippen molar-refractivity contribution in [2.24, 2.45) is 0 Å². The van der Waals surface area contributed by atoms with Crippen molar-refractivity contribution < 1.29 is 14.7 Å². The first-order valence-corrected chi connectivity index (χ1v) is 7.57. The summed E-state index contributed by atoms with van der Waals surface area (Å²) < 4.78 is 0. The van der Waals surface area contributed by atoms with Crippen molar-refractivity contribution in [3.63, 3.8) is 0 Å². The molecule has 1 saturated heterocycles. The third-order valence-electron chi connectivity index (χ3n) is 4.74. The van der Waals surface area contributed by atoms with Crippen LogP contribution in [0.5, 0.6) is 0 Å². The third kappa shape index (κ3) is 2.75. The predicted molar refractivity (Wildman–Crippen MR) is 75.6 cm³/mol. The summed E-state index contributed by atoms with van der Waals surface area (Å²) in [5, 5.41) is 12.0. The molecule has 2 N–H and O–H groups in total. The lowest BCUT2D eigenvalue weighted by atomic mass is 9.77. The van der Waals surface area contributed by atoms with E-state index in [-0.39, 0.29) is 6.03 Å². The minimum absolute atomic E-state index is 0.221. The average Bonchev–Trinajstić information content (AvgIpc) is 2.84. The van der Waals surface area contributed by atoms with E-state index >= 15 is 0 Å². The maximum absolute atomic E-state index is 12.2. The molecular formula is C14H25N3O3. The molecule has 0 spiro atoms. The second-order valence-electron chi connectivity index (χ2n) is 5.78. The number of carboxylic acids is 1. The molecule has 1 heterocycles. The Hall–Kier alpha value is -1.30. The van der Waals surface area contributed by atoms with Gasteiger partial charge in [-0.3, -0.25) is 4.90 Å². The summed E-state index contributed by atoms with van der Waals surface area (Å²) in [5.74, 6) is -0.906. The van der Waals surface area contributed by atoms with Gasteiger partial charge in [0.05, 0.1) is 0 Å². The van der Waals surface area contributed by atoms with Gasteiger partial charge in [-0.25, -0.2) is 9.59 Å². The Bertz CT molecular complexity index is 378. The van der Waals surface area contributed by atoms with Gasteiger partial charge < -0.3 is 15.3 Å². The van der Waals surface area contributed by atoms with Crippen LogP contribution in [-0.4, -0.2) is 64.7 Å². The molecule has 2 rings (SSSR count). The van der Waals surface area contributed by atoms with Crippen molar-refractivity contribution >= 4 is 12.0 Å². The first-order valence-electron chi connectivity index (χ1n) is 7.57. The van der Waals surface area contributed by atoms with Gasteiger partial charge in [-0.1, -0.05) is 13.8 Å². The SMILES string of the molecule is CCN(CC)C1CCN(C(=O)NC2(C(=O)O)CCC2)C1. The Morgan fingerprint density at radius 1 is 1.35 bits per heavy atom. The minimum Gasteiger partial charge on any atom is -0.480 e. The summed E-state index contributed by atoms with van der Waals surface area (Å²) in [6.45, 7) is 7.62. The highest BCUT2D eigenvalue weighted by Gasteiger charge is 2.46. The van der Waals surface area contributed by atoms with Crippen molar-refractivity contribution in [3.05, 3.63) is 0 Å². The van der Waals surface area contributed by atoms with Crippen molar-refractivity contribution in [3.8, 4) is 0 Å². The normalized spacial score (nSPS) is 24.6. The van der Waals surface area contributed by atoms with Crippen LogP contribution in [0.2, 0.25) is 0 Å². The Morgan fingerprint density at radius 2 is 2.00 bits per heavy atom. The number of nitrogens with one attached hydrogen (secondary N) is 1. The Morgan fingerprint density at radius 3 is 2.45 bits per heavy atom. The fourth-order valence-electron chi connectivity index (χ4n) is 3.17. The van der Waals surface area contributed by atoms with Gasteiger partial charge in [0.1, 0.15) is 5.54 Å². The summed E-state index contributed by atoms with van der Waals surface area (Å²) >= 11 is 0. The number of rotatable bonds is 5. The molecular weight excluding hydrogens is 258 g/mol. The molecule has 114 valence electrons. The number of likely N-dealkylation sites (tertiary alicyclic amines) is 1. The number of carbonyl (C=O) groups is 2. The van der Waals surface area contributed by atoms with Crippen molar-refractivity contribution in [1.29, 1.82) is 0 Å².